The number of ether oxygens (including phenoxy) is 1. The summed E-state index contributed by atoms with van der Waals surface area (Å²) in [5, 5.41) is 9.78. The summed E-state index contributed by atoms with van der Waals surface area (Å²) in [6, 6.07) is 7.88. The number of hydrogen-bond acceptors (Lipinski definition) is 6. The van der Waals surface area contributed by atoms with Gasteiger partial charge in [-0.05, 0) is 24.4 Å². The van der Waals surface area contributed by atoms with Crippen LogP contribution in [0.1, 0.15) is 0 Å². The average Bonchev–Trinajstić information content (AvgIpc) is 2.92. The highest BCUT2D eigenvalue weighted by Gasteiger charge is 2.39. The average molecular weight is 308 g/mol. The van der Waals surface area contributed by atoms with Gasteiger partial charge in [-0.1, -0.05) is 23.9 Å². The highest BCUT2D eigenvalue weighted by atomic mass is 32.2. The fourth-order valence-corrected chi connectivity index (χ4v) is 3.50. The van der Waals surface area contributed by atoms with E-state index in [4.69, 9.17) is 22.1 Å². The molecule has 0 radical (unpaired) electrons. The molecule has 1 N–H and O–H groups in total. The van der Waals surface area contributed by atoms with E-state index in [0.717, 1.165) is 15.6 Å². The van der Waals surface area contributed by atoms with E-state index in [1.165, 1.54) is 16.7 Å². The molecule has 1 fully saturated rings. The van der Waals surface area contributed by atoms with E-state index in [2.05, 4.69) is 0 Å². The molecule has 2 aliphatic rings. The van der Waals surface area contributed by atoms with Gasteiger partial charge in [0.05, 0.1) is 18.8 Å². The minimum atomic E-state index is -0.300. The lowest BCUT2D eigenvalue weighted by Gasteiger charge is -2.14. The van der Waals surface area contributed by atoms with Crippen LogP contribution in [-0.4, -0.2) is 41.3 Å². The van der Waals surface area contributed by atoms with E-state index >= 15 is 0 Å². The Hall–Kier alpha value is -1.57. The van der Waals surface area contributed by atoms with E-state index in [9.17, 15) is 4.79 Å². The number of para-hydroxylation sites is 1. The Morgan fingerprint density at radius 1 is 1.40 bits per heavy atom. The second-order valence-corrected chi connectivity index (χ2v) is 5.69. The normalized spacial score (nSPS) is 21.5. The van der Waals surface area contributed by atoms with Gasteiger partial charge >= 0.3 is 0 Å². The van der Waals surface area contributed by atoms with Crippen molar-refractivity contribution in [3.8, 4) is 0 Å². The maximum Gasteiger partial charge on any atom is 0.299 e. The lowest BCUT2D eigenvalue weighted by atomic mass is 10.3. The number of hydrogen-bond donors (Lipinski definition) is 1. The number of rotatable bonds is 2. The molecule has 2 heterocycles. The van der Waals surface area contributed by atoms with Crippen molar-refractivity contribution in [2.24, 2.45) is 0 Å². The molecule has 0 aliphatic carbocycles. The molecule has 0 aromatic heterocycles. The van der Waals surface area contributed by atoms with Gasteiger partial charge in [-0.3, -0.25) is 9.69 Å². The molecule has 0 bridgehead atoms. The predicted molar refractivity (Wildman–Crippen MR) is 80.2 cm³/mol. The van der Waals surface area contributed by atoms with Gasteiger partial charge in [0.15, 0.2) is 0 Å². The molecular formula is C13H12N2O3S2. The summed E-state index contributed by atoms with van der Waals surface area (Å²) in [5.41, 5.74) is 1.03. The van der Waals surface area contributed by atoms with Gasteiger partial charge < -0.3 is 14.7 Å². The summed E-state index contributed by atoms with van der Waals surface area (Å²) in [6.07, 6.45) is 0. The molecule has 2 aliphatic heterocycles. The minimum Gasteiger partial charge on any atom is -0.423 e. The first-order valence-corrected chi connectivity index (χ1v) is 7.25. The highest BCUT2D eigenvalue weighted by Crippen LogP contribution is 2.47. The molecule has 0 unspecified atom stereocenters. The molecule has 0 spiro atoms. The van der Waals surface area contributed by atoms with Crippen molar-refractivity contribution in [3.05, 3.63) is 35.1 Å². The number of aliphatic hydroxyl groups excluding tert-OH is 1. The van der Waals surface area contributed by atoms with Crippen LogP contribution in [-0.2, 0) is 9.53 Å². The molecule has 1 saturated heterocycles. The largest absolute Gasteiger partial charge is 0.423 e. The van der Waals surface area contributed by atoms with Gasteiger partial charge in [0.25, 0.3) is 11.1 Å². The number of benzene rings is 1. The maximum absolute atomic E-state index is 12.3. The summed E-state index contributed by atoms with van der Waals surface area (Å²) >= 11 is 6.51. The first-order valence-electron chi connectivity index (χ1n) is 6.03. The van der Waals surface area contributed by atoms with Crippen molar-refractivity contribution in [1.29, 1.82) is 0 Å². The second kappa shape index (κ2) is 5.08. The van der Waals surface area contributed by atoms with Crippen LogP contribution in [0.25, 0.3) is 0 Å². The van der Waals surface area contributed by atoms with Crippen molar-refractivity contribution in [3.63, 3.8) is 0 Å². The number of thioether (sulfide) groups is 1. The van der Waals surface area contributed by atoms with E-state index in [1.54, 1.807) is 0 Å². The number of β-amino-alcohol motifs (C(OH)–C–C–N with tert-alkyl or cyclic N) is 1. The fourth-order valence-electron chi connectivity index (χ4n) is 2.12. The van der Waals surface area contributed by atoms with Gasteiger partial charge in [0, 0.05) is 11.9 Å². The third-order valence-electron chi connectivity index (χ3n) is 3.10. The lowest BCUT2D eigenvalue weighted by Crippen LogP contribution is -2.31. The Bertz CT molecular complexity index is 630. The van der Waals surface area contributed by atoms with Crippen LogP contribution >= 0.6 is 24.0 Å². The molecule has 0 atom stereocenters. The predicted octanol–water partition coefficient (Wildman–Crippen LogP) is 1.53. The number of amides is 1. The number of carbonyl (C=O) groups is 1. The number of nitrogens with zero attached hydrogens (tertiary/aromatic N) is 2. The zero-order valence-electron chi connectivity index (χ0n) is 10.7. The Kier molecular flexibility index (Phi) is 3.41. The zero-order valence-corrected chi connectivity index (χ0v) is 12.3. The smallest absolute Gasteiger partial charge is 0.299 e. The molecule has 1 amide bonds. The van der Waals surface area contributed by atoms with Crippen LogP contribution in [0.2, 0.25) is 0 Å². The third-order valence-corrected chi connectivity index (χ3v) is 4.63. The van der Waals surface area contributed by atoms with Crippen molar-refractivity contribution >= 4 is 40.7 Å². The Morgan fingerprint density at radius 3 is 2.85 bits per heavy atom. The van der Waals surface area contributed by atoms with Crippen molar-refractivity contribution in [2.45, 2.75) is 4.90 Å². The molecule has 5 nitrogen and oxygen atoms in total. The van der Waals surface area contributed by atoms with E-state index < -0.39 is 0 Å². The SMILES string of the molecule is CN1/C(=C2/OC(=S)N(CCO)C2=O)Sc2ccccc21. The van der Waals surface area contributed by atoms with Crippen LogP contribution in [0, 0.1) is 0 Å². The van der Waals surface area contributed by atoms with Crippen LogP contribution in [0.4, 0.5) is 5.69 Å². The van der Waals surface area contributed by atoms with Crippen molar-refractivity contribution in [1.82, 2.24) is 4.90 Å². The maximum atomic E-state index is 12.3. The van der Waals surface area contributed by atoms with Crippen molar-refractivity contribution < 1.29 is 14.6 Å². The van der Waals surface area contributed by atoms with Gasteiger partial charge in [-0.25, -0.2) is 0 Å². The monoisotopic (exact) mass is 308 g/mol. The molecule has 3 rings (SSSR count). The van der Waals surface area contributed by atoms with Crippen LogP contribution in [0.15, 0.2) is 39.9 Å². The fraction of sp³-hybridized carbons (Fsp3) is 0.231. The molecule has 1 aromatic carbocycles. The number of anilines is 1. The minimum absolute atomic E-state index is 0.0940. The zero-order chi connectivity index (χ0) is 14.3. The number of carbonyl (C=O) groups excluding carboxylic acids is 1. The van der Waals surface area contributed by atoms with Gasteiger partial charge in [-0.15, -0.1) is 0 Å². The summed E-state index contributed by atoms with van der Waals surface area (Å²) < 4.78 is 5.44. The lowest BCUT2D eigenvalue weighted by molar-refractivity contribution is -0.123. The molecule has 0 saturated carbocycles. The Morgan fingerprint density at radius 2 is 2.15 bits per heavy atom. The van der Waals surface area contributed by atoms with E-state index in [0.29, 0.717) is 0 Å². The highest BCUT2D eigenvalue weighted by molar-refractivity contribution is 8.03. The molecule has 20 heavy (non-hydrogen) atoms. The topological polar surface area (TPSA) is 53.0 Å². The van der Waals surface area contributed by atoms with E-state index in [1.807, 2.05) is 36.2 Å². The van der Waals surface area contributed by atoms with Crippen molar-refractivity contribution in [2.75, 3.05) is 25.1 Å². The Labute approximate surface area is 125 Å². The summed E-state index contributed by atoms with van der Waals surface area (Å²) in [4.78, 5) is 16.6. The number of fused-ring (bicyclic) bond motifs is 1. The third kappa shape index (κ3) is 1.98. The van der Waals surface area contributed by atoms with Gasteiger partial charge in [0.2, 0.25) is 5.76 Å². The summed E-state index contributed by atoms with van der Waals surface area (Å²) in [6.45, 7) is -0.00314. The molecule has 1 aromatic rings. The summed E-state index contributed by atoms with van der Waals surface area (Å²) in [5.74, 6) is -0.0710. The first kappa shape index (κ1) is 13.4. The molecule has 104 valence electrons. The quantitative estimate of drug-likeness (QED) is 0.660. The molecular weight excluding hydrogens is 296 g/mol. The van der Waals surface area contributed by atoms with Crippen LogP contribution in [0.3, 0.4) is 0 Å². The van der Waals surface area contributed by atoms with Crippen LogP contribution < -0.4 is 4.90 Å². The van der Waals surface area contributed by atoms with Gasteiger partial charge in [0.1, 0.15) is 5.03 Å². The first-order chi connectivity index (χ1) is 9.63. The van der Waals surface area contributed by atoms with E-state index in [-0.39, 0.29) is 30.0 Å². The molecule has 7 heteroatoms. The van der Waals surface area contributed by atoms with Gasteiger partial charge in [-0.2, -0.15) is 0 Å². The Balaban J connectivity index is 1.98. The standard InChI is InChI=1S/C13H12N2O3S2/c1-14-8-4-2-3-5-9(8)20-12(14)10-11(17)15(6-7-16)13(19)18-10/h2-5,16H,6-7H2,1H3/b12-10-. The number of thiocarbonyl (C=S) groups is 1. The summed E-state index contributed by atoms with van der Waals surface area (Å²) in [7, 11) is 1.88. The second-order valence-electron chi connectivity index (χ2n) is 4.31. The van der Waals surface area contributed by atoms with Crippen LogP contribution in [0.5, 0.6) is 0 Å². The number of aliphatic hydroxyl groups is 1.